The Morgan fingerprint density at radius 2 is 2.43 bits per heavy atom. The van der Waals surface area contributed by atoms with Crippen molar-refractivity contribution < 1.29 is 9.90 Å². The van der Waals surface area contributed by atoms with Gasteiger partial charge in [0.25, 0.3) is 5.56 Å². The molecular formula is C9H10N2O3. The van der Waals surface area contributed by atoms with Crippen LogP contribution in [0, 0.1) is 6.92 Å². The molecule has 5 heteroatoms. The van der Waals surface area contributed by atoms with Gasteiger partial charge in [-0.15, -0.1) is 6.58 Å². The van der Waals surface area contributed by atoms with E-state index in [2.05, 4.69) is 11.6 Å². The molecule has 0 aliphatic heterocycles. The third kappa shape index (κ3) is 1.87. The van der Waals surface area contributed by atoms with Crippen LogP contribution in [0.3, 0.4) is 0 Å². The monoisotopic (exact) mass is 194 g/mol. The number of carboxylic acids is 1. The van der Waals surface area contributed by atoms with Crippen LogP contribution in [-0.4, -0.2) is 20.6 Å². The van der Waals surface area contributed by atoms with Crippen LogP contribution in [0.2, 0.25) is 0 Å². The highest BCUT2D eigenvalue weighted by molar-refractivity contribution is 5.85. The Kier molecular flexibility index (Phi) is 2.81. The summed E-state index contributed by atoms with van der Waals surface area (Å²) in [6, 6.07) is 0.999. The lowest BCUT2D eigenvalue weighted by Crippen LogP contribution is -2.24. The van der Waals surface area contributed by atoms with Gasteiger partial charge in [-0.3, -0.25) is 9.36 Å². The summed E-state index contributed by atoms with van der Waals surface area (Å²) < 4.78 is 1.35. The molecule has 1 rings (SSSR count). The Labute approximate surface area is 80.3 Å². The zero-order valence-electron chi connectivity index (χ0n) is 7.73. The number of hydrogen-bond acceptors (Lipinski definition) is 3. The van der Waals surface area contributed by atoms with Gasteiger partial charge in [-0.25, -0.2) is 9.78 Å². The largest absolute Gasteiger partial charge is 0.477 e. The Balaban J connectivity index is 3.32. The van der Waals surface area contributed by atoms with E-state index in [1.165, 1.54) is 4.57 Å². The Morgan fingerprint density at radius 3 is 2.86 bits per heavy atom. The van der Waals surface area contributed by atoms with Crippen LogP contribution in [0.25, 0.3) is 0 Å². The summed E-state index contributed by atoms with van der Waals surface area (Å²) in [4.78, 5) is 25.7. The van der Waals surface area contributed by atoms with E-state index in [9.17, 15) is 9.59 Å². The van der Waals surface area contributed by atoms with Crippen molar-refractivity contribution in [3.05, 3.63) is 40.6 Å². The molecule has 5 nitrogen and oxygen atoms in total. The Hall–Kier alpha value is -1.91. The van der Waals surface area contributed by atoms with Crippen LogP contribution in [0.4, 0.5) is 0 Å². The van der Waals surface area contributed by atoms with Gasteiger partial charge in [0.15, 0.2) is 5.69 Å². The smallest absolute Gasteiger partial charge is 0.354 e. The molecule has 1 aromatic rings. The van der Waals surface area contributed by atoms with Gasteiger partial charge in [-0.2, -0.15) is 0 Å². The van der Waals surface area contributed by atoms with Crippen molar-refractivity contribution >= 4 is 5.97 Å². The van der Waals surface area contributed by atoms with E-state index in [-0.39, 0.29) is 11.3 Å². The predicted octanol–water partition coefficient (Wildman–Crippen LogP) is 0.436. The number of carbonyl (C=O) groups is 1. The lowest BCUT2D eigenvalue weighted by atomic mass is 10.4. The summed E-state index contributed by atoms with van der Waals surface area (Å²) in [6.45, 7) is 5.40. The highest BCUT2D eigenvalue weighted by Gasteiger charge is 2.09. The molecule has 1 aromatic heterocycles. The van der Waals surface area contributed by atoms with Gasteiger partial charge in [0.05, 0.1) is 0 Å². The molecule has 0 aliphatic carbocycles. The van der Waals surface area contributed by atoms with E-state index >= 15 is 0 Å². The molecule has 1 heterocycles. The SMILES string of the molecule is C=CCn1c(C)nc(C(=O)O)cc1=O. The van der Waals surface area contributed by atoms with Crippen molar-refractivity contribution in [3.8, 4) is 0 Å². The van der Waals surface area contributed by atoms with E-state index in [1.54, 1.807) is 13.0 Å². The van der Waals surface area contributed by atoms with Crippen molar-refractivity contribution in [2.75, 3.05) is 0 Å². The topological polar surface area (TPSA) is 72.2 Å². The number of aromatic carboxylic acids is 1. The van der Waals surface area contributed by atoms with Crippen molar-refractivity contribution in [3.63, 3.8) is 0 Å². The minimum absolute atomic E-state index is 0.229. The van der Waals surface area contributed by atoms with Gasteiger partial charge < -0.3 is 5.11 Å². The van der Waals surface area contributed by atoms with Crippen molar-refractivity contribution in [2.45, 2.75) is 13.5 Å². The molecule has 0 spiro atoms. The van der Waals surface area contributed by atoms with Crippen LogP contribution >= 0.6 is 0 Å². The quantitative estimate of drug-likeness (QED) is 0.708. The number of hydrogen-bond donors (Lipinski definition) is 1. The fraction of sp³-hybridized carbons (Fsp3) is 0.222. The Morgan fingerprint density at radius 1 is 1.79 bits per heavy atom. The normalized spacial score (nSPS) is 9.79. The fourth-order valence-corrected chi connectivity index (χ4v) is 1.08. The first kappa shape index (κ1) is 10.2. The summed E-state index contributed by atoms with van der Waals surface area (Å²) in [5.74, 6) is -0.828. The molecule has 0 radical (unpaired) electrons. The molecule has 1 N–H and O–H groups in total. The molecular weight excluding hydrogens is 184 g/mol. The lowest BCUT2D eigenvalue weighted by Gasteiger charge is -2.05. The van der Waals surface area contributed by atoms with Crippen molar-refractivity contribution in [1.82, 2.24) is 9.55 Å². The average Bonchev–Trinajstić information content (AvgIpc) is 2.10. The van der Waals surface area contributed by atoms with Crippen LogP contribution < -0.4 is 5.56 Å². The molecule has 0 saturated carbocycles. The maximum Gasteiger partial charge on any atom is 0.354 e. The molecule has 0 amide bonds. The molecule has 0 aromatic carbocycles. The highest BCUT2D eigenvalue weighted by atomic mass is 16.4. The maximum atomic E-state index is 11.4. The number of rotatable bonds is 3. The van der Waals surface area contributed by atoms with Gasteiger partial charge in [0.1, 0.15) is 5.82 Å². The molecule has 74 valence electrons. The number of carboxylic acid groups (broad SMARTS) is 1. The zero-order valence-corrected chi connectivity index (χ0v) is 7.73. The third-order valence-electron chi connectivity index (χ3n) is 1.73. The first-order chi connectivity index (χ1) is 6.56. The van der Waals surface area contributed by atoms with Crippen LogP contribution in [0.15, 0.2) is 23.5 Å². The standard InChI is InChI=1S/C9H10N2O3/c1-3-4-11-6(2)10-7(9(13)14)5-8(11)12/h3,5H,1,4H2,2H3,(H,13,14). The van der Waals surface area contributed by atoms with E-state index in [4.69, 9.17) is 5.11 Å². The number of aryl methyl sites for hydroxylation is 1. The van der Waals surface area contributed by atoms with E-state index in [0.29, 0.717) is 12.4 Å². The second-order valence-corrected chi connectivity index (χ2v) is 2.73. The number of nitrogens with zero attached hydrogens (tertiary/aromatic N) is 2. The zero-order chi connectivity index (χ0) is 10.7. The molecule has 0 aliphatic rings. The van der Waals surface area contributed by atoms with E-state index < -0.39 is 5.97 Å². The summed E-state index contributed by atoms with van der Waals surface area (Å²) >= 11 is 0. The molecule has 0 saturated heterocycles. The first-order valence-electron chi connectivity index (χ1n) is 3.99. The summed E-state index contributed by atoms with van der Waals surface area (Å²) in [5.41, 5.74) is -0.609. The van der Waals surface area contributed by atoms with Crippen LogP contribution in [0.5, 0.6) is 0 Å². The van der Waals surface area contributed by atoms with Crippen LogP contribution in [0.1, 0.15) is 16.3 Å². The van der Waals surface area contributed by atoms with Crippen molar-refractivity contribution in [1.29, 1.82) is 0 Å². The summed E-state index contributed by atoms with van der Waals surface area (Å²) in [5, 5.41) is 8.62. The summed E-state index contributed by atoms with van der Waals surface area (Å²) in [6.07, 6.45) is 1.55. The minimum Gasteiger partial charge on any atom is -0.477 e. The highest BCUT2D eigenvalue weighted by Crippen LogP contribution is 1.95. The predicted molar refractivity (Wildman–Crippen MR) is 50.4 cm³/mol. The van der Waals surface area contributed by atoms with Gasteiger partial charge in [0.2, 0.25) is 0 Å². The number of allylic oxidation sites excluding steroid dienone is 1. The van der Waals surface area contributed by atoms with Crippen molar-refractivity contribution in [2.24, 2.45) is 0 Å². The maximum absolute atomic E-state index is 11.4. The van der Waals surface area contributed by atoms with E-state index in [0.717, 1.165) is 6.07 Å². The number of aromatic nitrogens is 2. The molecule has 0 atom stereocenters. The second-order valence-electron chi connectivity index (χ2n) is 2.73. The van der Waals surface area contributed by atoms with Crippen LogP contribution in [-0.2, 0) is 6.54 Å². The first-order valence-corrected chi connectivity index (χ1v) is 3.99. The van der Waals surface area contributed by atoms with Gasteiger partial charge in [0, 0.05) is 12.6 Å². The fourth-order valence-electron chi connectivity index (χ4n) is 1.08. The minimum atomic E-state index is -1.20. The summed E-state index contributed by atoms with van der Waals surface area (Å²) in [7, 11) is 0. The second kappa shape index (κ2) is 3.87. The van der Waals surface area contributed by atoms with Gasteiger partial charge >= 0.3 is 5.97 Å². The van der Waals surface area contributed by atoms with Gasteiger partial charge in [-0.1, -0.05) is 6.08 Å². The molecule has 0 fully saturated rings. The molecule has 14 heavy (non-hydrogen) atoms. The molecule has 0 bridgehead atoms. The lowest BCUT2D eigenvalue weighted by molar-refractivity contribution is 0.0689. The molecule has 0 unspecified atom stereocenters. The third-order valence-corrected chi connectivity index (χ3v) is 1.73. The Bertz CT molecular complexity index is 434. The average molecular weight is 194 g/mol. The van der Waals surface area contributed by atoms with E-state index in [1.807, 2.05) is 0 Å². The van der Waals surface area contributed by atoms with Gasteiger partial charge in [-0.05, 0) is 6.92 Å².